The Kier molecular flexibility index (Phi) is 3.74. The molecule has 1 unspecified atom stereocenters. The van der Waals surface area contributed by atoms with Gasteiger partial charge in [-0.25, -0.2) is 4.98 Å². The van der Waals surface area contributed by atoms with Gasteiger partial charge in [-0.2, -0.15) is 0 Å². The molecule has 0 bridgehead atoms. The van der Waals surface area contributed by atoms with Crippen LogP contribution in [0.15, 0.2) is 48.7 Å². The molecule has 1 saturated heterocycles. The van der Waals surface area contributed by atoms with E-state index in [0.717, 1.165) is 0 Å². The van der Waals surface area contributed by atoms with Crippen LogP contribution in [0.4, 0.5) is 5.69 Å². The number of carbonyl (C=O) groups excluding carboxylic acids is 1. The van der Waals surface area contributed by atoms with Crippen molar-refractivity contribution in [3.05, 3.63) is 48.7 Å². The summed E-state index contributed by atoms with van der Waals surface area (Å²) in [5.41, 5.74) is 0.627. The lowest BCUT2D eigenvalue weighted by atomic mass is 10.1. The average molecular weight is 298 g/mol. The van der Waals surface area contributed by atoms with Gasteiger partial charge in [-0.3, -0.25) is 9.59 Å². The summed E-state index contributed by atoms with van der Waals surface area (Å²) in [4.78, 5) is 28.5. The van der Waals surface area contributed by atoms with Crippen LogP contribution in [0.2, 0.25) is 0 Å². The maximum atomic E-state index is 12.0. The van der Waals surface area contributed by atoms with E-state index < -0.39 is 11.9 Å². The first-order valence-corrected chi connectivity index (χ1v) is 6.85. The molecule has 0 spiro atoms. The monoisotopic (exact) mass is 298 g/mol. The molecule has 1 aliphatic rings. The van der Waals surface area contributed by atoms with Crippen molar-refractivity contribution in [2.24, 2.45) is 5.92 Å². The summed E-state index contributed by atoms with van der Waals surface area (Å²) < 4.78 is 5.62. The number of pyridine rings is 1. The number of hydrogen-bond donors (Lipinski definition) is 1. The first kappa shape index (κ1) is 14.1. The van der Waals surface area contributed by atoms with Gasteiger partial charge < -0.3 is 14.7 Å². The van der Waals surface area contributed by atoms with Gasteiger partial charge in [-0.15, -0.1) is 0 Å². The van der Waals surface area contributed by atoms with Crippen LogP contribution in [0.5, 0.6) is 11.6 Å². The number of anilines is 1. The van der Waals surface area contributed by atoms with Gasteiger partial charge in [0, 0.05) is 37.0 Å². The van der Waals surface area contributed by atoms with Gasteiger partial charge in [-0.1, -0.05) is 12.1 Å². The summed E-state index contributed by atoms with van der Waals surface area (Å²) >= 11 is 0. The molecule has 0 saturated carbocycles. The average Bonchev–Trinajstić information content (AvgIpc) is 2.91. The predicted molar refractivity (Wildman–Crippen MR) is 78.8 cm³/mol. The molecular formula is C16H14N2O4. The number of aliphatic carboxylic acids is 1. The fourth-order valence-electron chi connectivity index (χ4n) is 2.37. The first-order valence-electron chi connectivity index (χ1n) is 6.85. The second kappa shape index (κ2) is 5.85. The van der Waals surface area contributed by atoms with Crippen LogP contribution in [0.1, 0.15) is 6.42 Å². The maximum absolute atomic E-state index is 12.0. The molecule has 0 radical (unpaired) electrons. The Morgan fingerprint density at radius 1 is 1.27 bits per heavy atom. The van der Waals surface area contributed by atoms with Gasteiger partial charge in [0.1, 0.15) is 5.75 Å². The van der Waals surface area contributed by atoms with Crippen molar-refractivity contribution in [3.63, 3.8) is 0 Å². The lowest BCUT2D eigenvalue weighted by Crippen LogP contribution is -2.25. The Morgan fingerprint density at radius 2 is 2.14 bits per heavy atom. The van der Waals surface area contributed by atoms with Gasteiger partial charge in [0.05, 0.1) is 5.92 Å². The summed E-state index contributed by atoms with van der Waals surface area (Å²) in [5, 5.41) is 9.03. The van der Waals surface area contributed by atoms with Crippen LogP contribution in [0, 0.1) is 5.92 Å². The zero-order valence-electron chi connectivity index (χ0n) is 11.7. The van der Waals surface area contributed by atoms with Gasteiger partial charge in [0.15, 0.2) is 0 Å². The number of carbonyl (C=O) groups is 2. The molecule has 1 amide bonds. The molecule has 22 heavy (non-hydrogen) atoms. The van der Waals surface area contributed by atoms with Crippen molar-refractivity contribution in [1.82, 2.24) is 4.98 Å². The minimum Gasteiger partial charge on any atom is -0.481 e. The molecular weight excluding hydrogens is 284 g/mol. The molecule has 1 fully saturated rings. The van der Waals surface area contributed by atoms with Gasteiger partial charge in [0.25, 0.3) is 0 Å². The number of ether oxygens (including phenoxy) is 1. The molecule has 1 aromatic heterocycles. The highest BCUT2D eigenvalue weighted by Crippen LogP contribution is 2.29. The summed E-state index contributed by atoms with van der Waals surface area (Å²) in [5.74, 6) is -0.800. The lowest BCUT2D eigenvalue weighted by Gasteiger charge is -2.17. The molecule has 1 aromatic carbocycles. The molecule has 112 valence electrons. The third-order valence-corrected chi connectivity index (χ3v) is 3.46. The fourth-order valence-corrected chi connectivity index (χ4v) is 2.37. The second-order valence-corrected chi connectivity index (χ2v) is 5.01. The Bertz CT molecular complexity index is 702. The third-order valence-electron chi connectivity index (χ3n) is 3.46. The molecule has 3 rings (SSSR count). The summed E-state index contributed by atoms with van der Waals surface area (Å²) in [6.45, 7) is 0.182. The van der Waals surface area contributed by atoms with Crippen molar-refractivity contribution in [1.29, 1.82) is 0 Å². The van der Waals surface area contributed by atoms with Crippen LogP contribution < -0.4 is 9.64 Å². The molecule has 6 heteroatoms. The SMILES string of the molecule is O=C(O)C1CC(=O)N(c2cccc(Oc3ccccn3)c2)C1. The van der Waals surface area contributed by atoms with Crippen molar-refractivity contribution in [2.75, 3.05) is 11.4 Å². The zero-order valence-corrected chi connectivity index (χ0v) is 11.7. The Labute approximate surface area is 127 Å². The van der Waals surface area contributed by atoms with Crippen LogP contribution in [0.25, 0.3) is 0 Å². The largest absolute Gasteiger partial charge is 0.481 e. The maximum Gasteiger partial charge on any atom is 0.308 e. The van der Waals surface area contributed by atoms with Crippen LogP contribution in [-0.4, -0.2) is 28.5 Å². The van der Waals surface area contributed by atoms with E-state index in [1.807, 2.05) is 6.07 Å². The number of benzene rings is 1. The van der Waals surface area contributed by atoms with Crippen LogP contribution >= 0.6 is 0 Å². The smallest absolute Gasteiger partial charge is 0.308 e. The van der Waals surface area contributed by atoms with E-state index in [9.17, 15) is 9.59 Å². The Hall–Kier alpha value is -2.89. The van der Waals surface area contributed by atoms with Gasteiger partial charge >= 0.3 is 5.97 Å². The van der Waals surface area contributed by atoms with Crippen molar-refractivity contribution in [2.45, 2.75) is 6.42 Å². The van der Waals surface area contributed by atoms with E-state index in [-0.39, 0.29) is 18.9 Å². The van der Waals surface area contributed by atoms with E-state index in [0.29, 0.717) is 17.3 Å². The van der Waals surface area contributed by atoms with Crippen LogP contribution in [0.3, 0.4) is 0 Å². The minimum absolute atomic E-state index is 0.0284. The number of rotatable bonds is 4. The van der Waals surface area contributed by atoms with E-state index >= 15 is 0 Å². The number of aromatic nitrogens is 1. The topological polar surface area (TPSA) is 79.7 Å². The first-order chi connectivity index (χ1) is 10.6. The Balaban J connectivity index is 1.80. The molecule has 1 aliphatic heterocycles. The van der Waals surface area contributed by atoms with Crippen molar-refractivity contribution < 1.29 is 19.4 Å². The molecule has 2 aromatic rings. The summed E-state index contributed by atoms with van der Waals surface area (Å²) in [7, 11) is 0. The standard InChI is InChI=1S/C16H14N2O4/c19-15-8-11(16(20)21)10-18(15)12-4-3-5-13(9-12)22-14-6-1-2-7-17-14/h1-7,9,11H,8,10H2,(H,20,21). The number of carboxylic acids is 1. The lowest BCUT2D eigenvalue weighted by molar-refractivity contribution is -0.141. The highest BCUT2D eigenvalue weighted by atomic mass is 16.5. The Morgan fingerprint density at radius 3 is 2.82 bits per heavy atom. The highest BCUT2D eigenvalue weighted by molar-refractivity contribution is 5.99. The molecule has 2 heterocycles. The fraction of sp³-hybridized carbons (Fsp3) is 0.188. The quantitative estimate of drug-likeness (QED) is 0.937. The summed E-state index contributed by atoms with van der Waals surface area (Å²) in [6.07, 6.45) is 1.65. The number of carboxylic acid groups (broad SMARTS) is 1. The molecule has 1 atom stereocenters. The minimum atomic E-state index is -0.947. The normalized spacial score (nSPS) is 17.5. The van der Waals surface area contributed by atoms with E-state index in [4.69, 9.17) is 9.84 Å². The van der Waals surface area contributed by atoms with E-state index in [2.05, 4.69) is 4.98 Å². The second-order valence-electron chi connectivity index (χ2n) is 5.01. The molecule has 0 aliphatic carbocycles. The van der Waals surface area contributed by atoms with Crippen molar-refractivity contribution >= 4 is 17.6 Å². The number of nitrogens with zero attached hydrogens (tertiary/aromatic N) is 2. The number of amides is 1. The predicted octanol–water partition coefficient (Wildman–Crippen LogP) is 2.31. The van der Waals surface area contributed by atoms with E-state index in [1.54, 1.807) is 42.6 Å². The molecule has 1 N–H and O–H groups in total. The number of hydrogen-bond acceptors (Lipinski definition) is 4. The van der Waals surface area contributed by atoms with E-state index in [1.165, 1.54) is 4.90 Å². The van der Waals surface area contributed by atoms with Gasteiger partial charge in [0.2, 0.25) is 11.8 Å². The van der Waals surface area contributed by atoms with Gasteiger partial charge in [-0.05, 0) is 18.2 Å². The van der Waals surface area contributed by atoms with Crippen molar-refractivity contribution in [3.8, 4) is 11.6 Å². The zero-order chi connectivity index (χ0) is 15.5. The molecule has 6 nitrogen and oxygen atoms in total. The van der Waals surface area contributed by atoms with Crippen LogP contribution in [-0.2, 0) is 9.59 Å². The third kappa shape index (κ3) is 2.90. The highest BCUT2D eigenvalue weighted by Gasteiger charge is 2.35. The summed E-state index contributed by atoms with van der Waals surface area (Å²) in [6, 6.07) is 12.3.